The van der Waals surface area contributed by atoms with Crippen LogP contribution in [0.1, 0.15) is 28.5 Å². The summed E-state index contributed by atoms with van der Waals surface area (Å²) in [6.07, 6.45) is 1.44. The monoisotopic (exact) mass is 297 g/mol. The van der Waals surface area contributed by atoms with Gasteiger partial charge < -0.3 is 9.15 Å². The van der Waals surface area contributed by atoms with Gasteiger partial charge >= 0.3 is 11.6 Å². The Labute approximate surface area is 126 Å². The predicted octanol–water partition coefficient (Wildman–Crippen LogP) is 3.13. The van der Waals surface area contributed by atoms with Crippen molar-refractivity contribution in [2.45, 2.75) is 20.8 Å². The molecule has 1 aromatic carbocycles. The molecule has 2 aromatic heterocycles. The maximum atomic E-state index is 12.3. The van der Waals surface area contributed by atoms with Gasteiger partial charge in [0.05, 0.1) is 23.3 Å². The summed E-state index contributed by atoms with van der Waals surface area (Å²) >= 11 is 0. The van der Waals surface area contributed by atoms with Crippen molar-refractivity contribution in [2.24, 2.45) is 0 Å². The molecule has 0 aliphatic heterocycles. The van der Waals surface area contributed by atoms with Gasteiger partial charge in [0.25, 0.3) is 0 Å². The molecule has 0 N–H and O–H groups in total. The maximum Gasteiger partial charge on any atom is 0.345 e. The second-order valence-corrected chi connectivity index (χ2v) is 5.12. The molecule has 0 amide bonds. The van der Waals surface area contributed by atoms with Gasteiger partial charge in [-0.3, -0.25) is 4.98 Å². The van der Waals surface area contributed by atoms with Gasteiger partial charge in [0.15, 0.2) is 0 Å². The van der Waals surface area contributed by atoms with Crippen LogP contribution in [0.5, 0.6) is 0 Å². The van der Waals surface area contributed by atoms with E-state index >= 15 is 0 Å². The first-order chi connectivity index (χ1) is 10.5. The Bertz CT molecular complexity index is 956. The first-order valence-corrected chi connectivity index (χ1v) is 7.02. The number of benzene rings is 1. The van der Waals surface area contributed by atoms with Crippen LogP contribution in [-0.2, 0) is 4.74 Å². The molecule has 0 spiro atoms. The predicted molar refractivity (Wildman–Crippen MR) is 83.2 cm³/mol. The normalized spacial score (nSPS) is 11.0. The molecule has 0 unspecified atom stereocenters. The highest BCUT2D eigenvalue weighted by atomic mass is 16.5. The van der Waals surface area contributed by atoms with Crippen molar-refractivity contribution >= 4 is 27.7 Å². The number of carbonyl (C=O) groups excluding carboxylic acids is 1. The van der Waals surface area contributed by atoms with Crippen LogP contribution in [0.4, 0.5) is 0 Å². The zero-order valence-corrected chi connectivity index (χ0v) is 12.6. The summed E-state index contributed by atoms with van der Waals surface area (Å²) in [5.41, 5.74) is 1.76. The molecule has 2 heterocycles. The number of nitrogens with zero attached hydrogens (tertiary/aromatic N) is 1. The molecule has 112 valence electrons. The maximum absolute atomic E-state index is 12.3. The minimum absolute atomic E-state index is 0.257. The number of hydrogen-bond acceptors (Lipinski definition) is 5. The second-order valence-electron chi connectivity index (χ2n) is 5.12. The van der Waals surface area contributed by atoms with Crippen LogP contribution in [0.25, 0.3) is 21.7 Å². The SMILES string of the molecule is CCOC(=O)c1c(C)ncc2c(=O)oc3cc(C)ccc3c12. The molecule has 0 saturated heterocycles. The fourth-order valence-corrected chi connectivity index (χ4v) is 2.57. The molecule has 0 aliphatic carbocycles. The summed E-state index contributed by atoms with van der Waals surface area (Å²) in [7, 11) is 0. The molecule has 0 saturated carbocycles. The van der Waals surface area contributed by atoms with Crippen LogP contribution < -0.4 is 5.63 Å². The molecule has 3 aromatic rings. The Balaban J connectivity index is 2.53. The van der Waals surface area contributed by atoms with Crippen molar-refractivity contribution in [3.05, 3.63) is 51.6 Å². The molecule has 0 fully saturated rings. The van der Waals surface area contributed by atoms with Crippen LogP contribution in [0.15, 0.2) is 33.6 Å². The van der Waals surface area contributed by atoms with E-state index in [1.165, 1.54) is 6.20 Å². The lowest BCUT2D eigenvalue weighted by atomic mass is 10.0. The zero-order chi connectivity index (χ0) is 15.9. The van der Waals surface area contributed by atoms with E-state index in [-0.39, 0.29) is 12.0 Å². The number of ether oxygens (including phenoxy) is 1. The number of carbonyl (C=O) groups is 1. The molecule has 0 bridgehead atoms. The quantitative estimate of drug-likeness (QED) is 0.413. The third-order valence-corrected chi connectivity index (χ3v) is 3.58. The van der Waals surface area contributed by atoms with Gasteiger partial charge in [-0.2, -0.15) is 0 Å². The van der Waals surface area contributed by atoms with Crippen molar-refractivity contribution in [3.63, 3.8) is 0 Å². The van der Waals surface area contributed by atoms with Crippen molar-refractivity contribution in [1.82, 2.24) is 4.98 Å². The van der Waals surface area contributed by atoms with Crippen molar-refractivity contribution in [3.8, 4) is 0 Å². The number of esters is 1. The zero-order valence-electron chi connectivity index (χ0n) is 12.6. The summed E-state index contributed by atoms with van der Waals surface area (Å²) in [5.74, 6) is -0.481. The topological polar surface area (TPSA) is 69.4 Å². The van der Waals surface area contributed by atoms with E-state index in [1.54, 1.807) is 19.9 Å². The van der Waals surface area contributed by atoms with Crippen LogP contribution in [0, 0.1) is 13.8 Å². The highest BCUT2D eigenvalue weighted by molar-refractivity contribution is 6.15. The van der Waals surface area contributed by atoms with Gasteiger partial charge in [0.1, 0.15) is 5.58 Å². The van der Waals surface area contributed by atoms with E-state index < -0.39 is 11.6 Å². The average molecular weight is 297 g/mol. The summed E-state index contributed by atoms with van der Waals surface area (Å²) in [6.45, 7) is 5.63. The summed E-state index contributed by atoms with van der Waals surface area (Å²) in [5, 5.41) is 1.52. The van der Waals surface area contributed by atoms with E-state index in [0.717, 1.165) is 5.56 Å². The molecule has 5 heteroatoms. The van der Waals surface area contributed by atoms with E-state index in [2.05, 4.69) is 4.98 Å². The molecule has 0 radical (unpaired) electrons. The Hall–Kier alpha value is -2.69. The lowest BCUT2D eigenvalue weighted by molar-refractivity contribution is 0.0527. The largest absolute Gasteiger partial charge is 0.462 e. The number of aryl methyl sites for hydroxylation is 2. The smallest absolute Gasteiger partial charge is 0.345 e. The standard InChI is InChI=1S/C17H15NO4/c1-4-21-17(20)14-10(3)18-8-12-15(14)11-6-5-9(2)7-13(11)22-16(12)19/h5-8H,4H2,1-3H3. The molecule has 0 atom stereocenters. The fourth-order valence-electron chi connectivity index (χ4n) is 2.57. The molecule has 0 aliphatic rings. The van der Waals surface area contributed by atoms with Gasteiger partial charge in [-0.05, 0) is 32.4 Å². The van der Waals surface area contributed by atoms with E-state index in [9.17, 15) is 9.59 Å². The molecule has 5 nitrogen and oxygen atoms in total. The summed E-state index contributed by atoms with van der Waals surface area (Å²) in [4.78, 5) is 28.6. The number of rotatable bonds is 2. The molecule has 22 heavy (non-hydrogen) atoms. The summed E-state index contributed by atoms with van der Waals surface area (Å²) < 4.78 is 10.5. The van der Waals surface area contributed by atoms with Crippen molar-refractivity contribution in [2.75, 3.05) is 6.61 Å². The van der Waals surface area contributed by atoms with E-state index in [4.69, 9.17) is 9.15 Å². The second kappa shape index (κ2) is 5.26. The lowest BCUT2D eigenvalue weighted by Gasteiger charge is -2.10. The van der Waals surface area contributed by atoms with Gasteiger partial charge in [0, 0.05) is 17.0 Å². The van der Waals surface area contributed by atoms with Crippen LogP contribution >= 0.6 is 0 Å². The number of pyridine rings is 1. The minimum atomic E-state index is -0.508. The van der Waals surface area contributed by atoms with Crippen LogP contribution in [0.2, 0.25) is 0 Å². The first-order valence-electron chi connectivity index (χ1n) is 7.02. The molecule has 3 rings (SSSR count). The van der Waals surface area contributed by atoms with E-state index in [1.807, 2.05) is 19.1 Å². The van der Waals surface area contributed by atoms with Crippen LogP contribution in [0.3, 0.4) is 0 Å². The Kier molecular flexibility index (Phi) is 3.41. The van der Waals surface area contributed by atoms with Gasteiger partial charge in [-0.15, -0.1) is 0 Å². The molecular weight excluding hydrogens is 282 g/mol. The van der Waals surface area contributed by atoms with Crippen molar-refractivity contribution in [1.29, 1.82) is 0 Å². The number of aromatic nitrogens is 1. The fraction of sp³-hybridized carbons (Fsp3) is 0.235. The average Bonchev–Trinajstić information content (AvgIpc) is 2.46. The summed E-state index contributed by atoms with van der Waals surface area (Å²) in [6, 6.07) is 5.53. The Morgan fingerprint density at radius 3 is 2.77 bits per heavy atom. The third-order valence-electron chi connectivity index (χ3n) is 3.58. The van der Waals surface area contributed by atoms with Crippen molar-refractivity contribution < 1.29 is 13.9 Å². The van der Waals surface area contributed by atoms with Gasteiger partial charge in [-0.25, -0.2) is 9.59 Å². The minimum Gasteiger partial charge on any atom is -0.462 e. The Morgan fingerprint density at radius 2 is 2.05 bits per heavy atom. The number of fused-ring (bicyclic) bond motifs is 3. The molecular formula is C17H15NO4. The third kappa shape index (κ3) is 2.15. The van der Waals surface area contributed by atoms with E-state index in [0.29, 0.717) is 27.6 Å². The number of hydrogen-bond donors (Lipinski definition) is 0. The van der Waals surface area contributed by atoms with Gasteiger partial charge in [0.2, 0.25) is 0 Å². The van der Waals surface area contributed by atoms with Crippen LogP contribution in [-0.4, -0.2) is 17.6 Å². The highest BCUT2D eigenvalue weighted by Crippen LogP contribution is 2.28. The lowest BCUT2D eigenvalue weighted by Crippen LogP contribution is -2.12. The Morgan fingerprint density at radius 1 is 1.27 bits per heavy atom. The highest BCUT2D eigenvalue weighted by Gasteiger charge is 2.20. The first kappa shape index (κ1) is 14.3. The van der Waals surface area contributed by atoms with Gasteiger partial charge in [-0.1, -0.05) is 12.1 Å².